The van der Waals surface area contributed by atoms with Gasteiger partial charge in [0.2, 0.25) is 5.95 Å². The number of esters is 1. The molecule has 0 saturated carbocycles. The molecule has 0 aromatic carbocycles. The van der Waals surface area contributed by atoms with Gasteiger partial charge in [-0.25, -0.2) is 29.5 Å². The Morgan fingerprint density at radius 2 is 2.10 bits per heavy atom. The Morgan fingerprint density at radius 3 is 2.87 bits per heavy atom. The third-order valence-electron chi connectivity index (χ3n) is 5.31. The van der Waals surface area contributed by atoms with Crippen molar-refractivity contribution in [2.24, 2.45) is 0 Å². The van der Waals surface area contributed by atoms with Crippen molar-refractivity contribution in [3.63, 3.8) is 0 Å². The standard InChI is InChI=1S/C20H19N7O4/c1-11-22-9-16(31-11)13-5-7-21-19(24-13)25-20(29)27-12-6-8-26(10-12)15-4-3-14(18(28)30-2)23-17(15)27/h3-5,7,9,12H,6,8,10H2,1-2H3,(H,21,24,25,29)/t12-/m0/s1. The topological polar surface area (TPSA) is 127 Å². The number of nitrogens with one attached hydrogen (secondary N) is 1. The molecule has 1 saturated heterocycles. The lowest BCUT2D eigenvalue weighted by Crippen LogP contribution is -2.48. The number of urea groups is 1. The maximum Gasteiger partial charge on any atom is 0.356 e. The molecule has 0 spiro atoms. The van der Waals surface area contributed by atoms with Crippen LogP contribution in [-0.4, -0.2) is 58.2 Å². The lowest BCUT2D eigenvalue weighted by atomic mass is 10.2. The molecule has 11 nitrogen and oxygen atoms in total. The van der Waals surface area contributed by atoms with Crippen molar-refractivity contribution in [1.29, 1.82) is 0 Å². The number of rotatable bonds is 3. The molecule has 0 aliphatic carbocycles. The first kappa shape index (κ1) is 19.0. The summed E-state index contributed by atoms with van der Waals surface area (Å²) in [5.74, 6) is 0.977. The van der Waals surface area contributed by atoms with E-state index in [1.54, 1.807) is 36.2 Å². The Bertz CT molecular complexity index is 1180. The molecular formula is C20H19N7O4. The van der Waals surface area contributed by atoms with Crippen LogP contribution in [0, 0.1) is 6.92 Å². The van der Waals surface area contributed by atoms with Crippen LogP contribution in [0.3, 0.4) is 0 Å². The third kappa shape index (κ3) is 3.33. The number of oxazole rings is 1. The molecular weight excluding hydrogens is 402 g/mol. The second kappa shape index (κ2) is 7.35. The van der Waals surface area contributed by atoms with Gasteiger partial charge in [0.05, 0.1) is 25.0 Å². The van der Waals surface area contributed by atoms with Crippen molar-refractivity contribution in [3.8, 4) is 11.5 Å². The number of aromatic nitrogens is 4. The molecule has 0 radical (unpaired) electrons. The summed E-state index contributed by atoms with van der Waals surface area (Å²) in [5, 5.41) is 2.74. The van der Waals surface area contributed by atoms with Gasteiger partial charge < -0.3 is 14.1 Å². The number of hydrogen-bond donors (Lipinski definition) is 1. The zero-order chi connectivity index (χ0) is 21.5. The molecule has 11 heteroatoms. The number of carbonyl (C=O) groups excluding carboxylic acids is 2. The molecule has 5 rings (SSSR count). The molecule has 158 valence electrons. The van der Waals surface area contributed by atoms with Gasteiger partial charge in [-0.05, 0) is 24.6 Å². The van der Waals surface area contributed by atoms with E-state index in [0.29, 0.717) is 29.7 Å². The first-order chi connectivity index (χ1) is 15.0. The van der Waals surface area contributed by atoms with E-state index in [1.165, 1.54) is 13.3 Å². The summed E-state index contributed by atoms with van der Waals surface area (Å²) in [6.07, 6.45) is 3.88. The maximum absolute atomic E-state index is 13.2. The molecule has 0 unspecified atom stereocenters. The fourth-order valence-electron chi connectivity index (χ4n) is 3.88. The monoisotopic (exact) mass is 421 g/mol. The molecule has 1 atom stereocenters. The van der Waals surface area contributed by atoms with Crippen LogP contribution in [-0.2, 0) is 4.74 Å². The van der Waals surface area contributed by atoms with Crippen LogP contribution >= 0.6 is 0 Å². The number of methoxy groups -OCH3 is 1. The van der Waals surface area contributed by atoms with Crippen molar-refractivity contribution in [3.05, 3.63) is 42.2 Å². The second-order valence-electron chi connectivity index (χ2n) is 7.23. The zero-order valence-corrected chi connectivity index (χ0v) is 16.9. The quantitative estimate of drug-likeness (QED) is 0.634. The van der Waals surface area contributed by atoms with Crippen molar-refractivity contribution < 1.29 is 18.7 Å². The minimum absolute atomic E-state index is 0.0759. The lowest BCUT2D eigenvalue weighted by Gasteiger charge is -2.35. The highest BCUT2D eigenvalue weighted by molar-refractivity contribution is 6.04. The van der Waals surface area contributed by atoms with Gasteiger partial charge in [0.25, 0.3) is 0 Å². The smallest absolute Gasteiger partial charge is 0.356 e. The van der Waals surface area contributed by atoms with E-state index in [1.807, 2.05) is 0 Å². The Hall–Kier alpha value is -4.02. The minimum atomic E-state index is -0.561. The number of aryl methyl sites for hydroxylation is 1. The van der Waals surface area contributed by atoms with Gasteiger partial charge >= 0.3 is 12.0 Å². The number of carbonyl (C=O) groups is 2. The molecule has 3 aromatic rings. The predicted molar refractivity (Wildman–Crippen MR) is 110 cm³/mol. The Labute approximate surface area is 177 Å². The summed E-state index contributed by atoms with van der Waals surface area (Å²) in [5.41, 5.74) is 1.44. The first-order valence-electron chi connectivity index (χ1n) is 9.74. The van der Waals surface area contributed by atoms with Crippen molar-refractivity contribution in [2.45, 2.75) is 19.4 Å². The highest BCUT2D eigenvalue weighted by Gasteiger charge is 2.40. The second-order valence-corrected chi connectivity index (χ2v) is 7.23. The molecule has 2 aliphatic heterocycles. The summed E-state index contributed by atoms with van der Waals surface area (Å²) >= 11 is 0. The molecule has 1 fully saturated rings. The van der Waals surface area contributed by atoms with Crippen molar-refractivity contribution in [2.75, 3.05) is 35.3 Å². The van der Waals surface area contributed by atoms with Gasteiger partial charge in [-0.15, -0.1) is 0 Å². The van der Waals surface area contributed by atoms with E-state index in [4.69, 9.17) is 9.15 Å². The first-order valence-corrected chi connectivity index (χ1v) is 9.74. The van der Waals surface area contributed by atoms with Gasteiger partial charge in [0.1, 0.15) is 5.69 Å². The Morgan fingerprint density at radius 1 is 1.23 bits per heavy atom. The average Bonchev–Trinajstić information content (AvgIpc) is 3.40. The summed E-state index contributed by atoms with van der Waals surface area (Å²) in [6.45, 7) is 3.23. The summed E-state index contributed by atoms with van der Waals surface area (Å²) in [7, 11) is 1.29. The van der Waals surface area contributed by atoms with Gasteiger partial charge in [-0.3, -0.25) is 10.2 Å². The van der Waals surface area contributed by atoms with Crippen molar-refractivity contribution in [1.82, 2.24) is 19.9 Å². The number of fused-ring (bicyclic) bond motifs is 4. The Kier molecular flexibility index (Phi) is 4.50. The fourth-order valence-corrected chi connectivity index (χ4v) is 3.88. The molecule has 5 heterocycles. The van der Waals surface area contributed by atoms with Gasteiger partial charge in [0, 0.05) is 26.2 Å². The van der Waals surface area contributed by atoms with Crippen LogP contribution in [0.25, 0.3) is 11.5 Å². The van der Waals surface area contributed by atoms with Gasteiger partial charge in [-0.2, -0.15) is 0 Å². The largest absolute Gasteiger partial charge is 0.464 e. The number of pyridine rings is 1. The molecule has 2 bridgehead atoms. The molecule has 1 N–H and O–H groups in total. The number of ether oxygens (including phenoxy) is 1. The van der Waals surface area contributed by atoms with E-state index in [-0.39, 0.29) is 17.7 Å². The van der Waals surface area contributed by atoms with Crippen molar-refractivity contribution >= 4 is 29.5 Å². The van der Waals surface area contributed by atoms with Crippen LogP contribution in [0.2, 0.25) is 0 Å². The van der Waals surface area contributed by atoms with E-state index < -0.39 is 12.0 Å². The van der Waals surface area contributed by atoms with E-state index >= 15 is 0 Å². The zero-order valence-electron chi connectivity index (χ0n) is 16.9. The predicted octanol–water partition coefficient (Wildman–Crippen LogP) is 2.25. The lowest BCUT2D eigenvalue weighted by molar-refractivity contribution is 0.0594. The minimum Gasteiger partial charge on any atom is -0.464 e. The molecule has 31 heavy (non-hydrogen) atoms. The molecule has 2 amide bonds. The highest BCUT2D eigenvalue weighted by Crippen LogP contribution is 2.39. The van der Waals surface area contributed by atoms with Crippen LogP contribution in [0.4, 0.5) is 22.2 Å². The SMILES string of the molecule is COC(=O)c1ccc2c(n1)N(C(=O)Nc1nccc(-c3cnc(C)o3)n1)[C@H]1CCN2C1. The van der Waals surface area contributed by atoms with E-state index in [9.17, 15) is 9.59 Å². The highest BCUT2D eigenvalue weighted by atomic mass is 16.5. The van der Waals surface area contributed by atoms with Gasteiger partial charge in [-0.1, -0.05) is 0 Å². The Balaban J connectivity index is 1.46. The van der Waals surface area contributed by atoms with Crippen LogP contribution < -0.4 is 15.1 Å². The number of hydrogen-bond acceptors (Lipinski definition) is 9. The summed E-state index contributed by atoms with van der Waals surface area (Å²) < 4.78 is 10.3. The average molecular weight is 421 g/mol. The number of nitrogens with zero attached hydrogens (tertiary/aromatic N) is 6. The van der Waals surface area contributed by atoms with Crippen LogP contribution in [0.1, 0.15) is 22.8 Å². The normalized spacial score (nSPS) is 16.8. The van der Waals surface area contributed by atoms with E-state index in [0.717, 1.165) is 18.7 Å². The van der Waals surface area contributed by atoms with Crippen LogP contribution in [0.5, 0.6) is 0 Å². The fraction of sp³-hybridized carbons (Fsp3) is 0.300. The molecule has 2 aliphatic rings. The summed E-state index contributed by atoms with van der Waals surface area (Å²) in [6, 6.07) is 4.57. The number of amides is 2. The molecule has 3 aromatic heterocycles. The maximum atomic E-state index is 13.2. The summed E-state index contributed by atoms with van der Waals surface area (Å²) in [4.78, 5) is 45.9. The third-order valence-corrected chi connectivity index (χ3v) is 5.31. The van der Waals surface area contributed by atoms with Crippen LogP contribution in [0.15, 0.2) is 35.0 Å². The van der Waals surface area contributed by atoms with E-state index in [2.05, 4.69) is 30.2 Å². The number of anilines is 3. The van der Waals surface area contributed by atoms with Gasteiger partial charge in [0.15, 0.2) is 23.2 Å².